The predicted molar refractivity (Wildman–Crippen MR) is 51.1 cm³/mol. The molecule has 0 amide bonds. The van der Waals surface area contributed by atoms with Crippen molar-refractivity contribution < 1.29 is 4.74 Å². The molecular formula is C7H18N2OS. The fourth-order valence-electron chi connectivity index (χ4n) is 0.771. The minimum atomic E-state index is 0.253. The first kappa shape index (κ1) is 11.2. The van der Waals surface area contributed by atoms with Crippen LogP contribution in [0.4, 0.5) is 0 Å². The van der Waals surface area contributed by atoms with Crippen molar-refractivity contribution in [3.8, 4) is 0 Å². The molecule has 3 N–H and O–H groups in total. The zero-order chi connectivity index (χ0) is 8.53. The maximum Gasteiger partial charge on any atom is 0.0822 e. The summed E-state index contributed by atoms with van der Waals surface area (Å²) in [5.74, 6) is 0. The van der Waals surface area contributed by atoms with Crippen molar-refractivity contribution >= 4 is 11.8 Å². The first-order valence-corrected chi connectivity index (χ1v) is 5.41. The standard InChI is InChI=1S/C5H12N2O.C2H6S/c6-3-5-4-7-1-2-8-5;1-3-2/h5,7H,1-4,6H2;1-2H3. The average Bonchev–Trinajstić information content (AvgIpc) is 2.08. The van der Waals surface area contributed by atoms with Gasteiger partial charge in [0.25, 0.3) is 0 Å². The molecule has 0 bridgehead atoms. The van der Waals surface area contributed by atoms with Crippen LogP contribution in [-0.2, 0) is 4.74 Å². The Labute approximate surface area is 73.1 Å². The van der Waals surface area contributed by atoms with Crippen molar-refractivity contribution in [1.82, 2.24) is 5.32 Å². The Morgan fingerprint density at radius 3 is 2.55 bits per heavy atom. The maximum atomic E-state index is 5.34. The number of ether oxygens (including phenoxy) is 1. The highest BCUT2D eigenvalue weighted by atomic mass is 32.2. The fourth-order valence-corrected chi connectivity index (χ4v) is 0.771. The number of nitrogens with two attached hydrogens (primary N) is 1. The number of thioether (sulfide) groups is 1. The van der Waals surface area contributed by atoms with Crippen LogP contribution >= 0.6 is 11.8 Å². The number of hydrogen-bond acceptors (Lipinski definition) is 4. The van der Waals surface area contributed by atoms with E-state index in [9.17, 15) is 0 Å². The highest BCUT2D eigenvalue weighted by molar-refractivity contribution is 7.97. The van der Waals surface area contributed by atoms with Gasteiger partial charge in [0.1, 0.15) is 0 Å². The second-order valence-corrected chi connectivity index (χ2v) is 3.16. The summed E-state index contributed by atoms with van der Waals surface area (Å²) in [5, 5.41) is 3.18. The average molecular weight is 178 g/mol. The van der Waals surface area contributed by atoms with E-state index in [1.165, 1.54) is 0 Å². The van der Waals surface area contributed by atoms with Gasteiger partial charge in [-0.2, -0.15) is 11.8 Å². The van der Waals surface area contributed by atoms with Crippen LogP contribution in [0.1, 0.15) is 0 Å². The SMILES string of the molecule is CSC.NCC1CNCCO1. The molecule has 1 fully saturated rings. The van der Waals surface area contributed by atoms with Gasteiger partial charge in [0.15, 0.2) is 0 Å². The van der Waals surface area contributed by atoms with E-state index >= 15 is 0 Å². The Morgan fingerprint density at radius 2 is 2.27 bits per heavy atom. The van der Waals surface area contributed by atoms with Crippen LogP contribution in [0.5, 0.6) is 0 Å². The maximum absolute atomic E-state index is 5.34. The summed E-state index contributed by atoms with van der Waals surface area (Å²) in [6.45, 7) is 3.32. The minimum Gasteiger partial charge on any atom is -0.374 e. The van der Waals surface area contributed by atoms with E-state index in [1.54, 1.807) is 11.8 Å². The molecule has 4 heteroatoms. The van der Waals surface area contributed by atoms with Crippen molar-refractivity contribution in [2.24, 2.45) is 5.73 Å². The van der Waals surface area contributed by atoms with Crippen LogP contribution < -0.4 is 11.1 Å². The Kier molecular flexibility index (Phi) is 8.50. The van der Waals surface area contributed by atoms with E-state index in [4.69, 9.17) is 10.5 Å². The van der Waals surface area contributed by atoms with E-state index in [2.05, 4.69) is 5.32 Å². The lowest BCUT2D eigenvalue weighted by atomic mass is 10.3. The summed E-state index contributed by atoms with van der Waals surface area (Å²) >= 11 is 1.75. The number of rotatable bonds is 1. The van der Waals surface area contributed by atoms with Gasteiger partial charge < -0.3 is 15.8 Å². The Hall–Kier alpha value is 0.230. The van der Waals surface area contributed by atoms with Crippen molar-refractivity contribution in [3.63, 3.8) is 0 Å². The third kappa shape index (κ3) is 6.62. The van der Waals surface area contributed by atoms with Gasteiger partial charge in [0, 0.05) is 19.6 Å². The molecule has 1 saturated heterocycles. The first-order chi connectivity index (χ1) is 5.35. The van der Waals surface area contributed by atoms with Gasteiger partial charge in [-0.3, -0.25) is 0 Å². The Morgan fingerprint density at radius 1 is 1.64 bits per heavy atom. The van der Waals surface area contributed by atoms with Crippen LogP contribution in [0.25, 0.3) is 0 Å². The van der Waals surface area contributed by atoms with E-state index in [1.807, 2.05) is 12.5 Å². The summed E-state index contributed by atoms with van der Waals surface area (Å²) < 4.78 is 5.24. The van der Waals surface area contributed by atoms with Gasteiger partial charge in [-0.25, -0.2) is 0 Å². The first-order valence-electron chi connectivity index (χ1n) is 3.77. The van der Waals surface area contributed by atoms with Gasteiger partial charge in [-0.15, -0.1) is 0 Å². The molecule has 1 aliphatic heterocycles. The molecule has 0 aromatic rings. The summed E-state index contributed by atoms with van der Waals surface area (Å²) in [6, 6.07) is 0. The number of hydrogen-bond donors (Lipinski definition) is 2. The predicted octanol–water partition coefficient (Wildman–Crippen LogP) is -0.0873. The smallest absolute Gasteiger partial charge is 0.0822 e. The molecule has 1 heterocycles. The van der Waals surface area contributed by atoms with Crippen LogP contribution in [0.15, 0.2) is 0 Å². The molecule has 0 spiro atoms. The lowest BCUT2D eigenvalue weighted by Crippen LogP contribution is -2.42. The van der Waals surface area contributed by atoms with Crippen LogP contribution in [0.3, 0.4) is 0 Å². The van der Waals surface area contributed by atoms with E-state index in [0.717, 1.165) is 19.7 Å². The van der Waals surface area contributed by atoms with Gasteiger partial charge >= 0.3 is 0 Å². The third-order valence-electron chi connectivity index (χ3n) is 1.27. The van der Waals surface area contributed by atoms with Crippen molar-refractivity contribution in [2.75, 3.05) is 38.8 Å². The monoisotopic (exact) mass is 178 g/mol. The Bertz CT molecular complexity index is 76.8. The molecule has 68 valence electrons. The molecule has 1 rings (SSSR count). The highest BCUT2D eigenvalue weighted by Crippen LogP contribution is 1.91. The molecule has 0 saturated carbocycles. The van der Waals surface area contributed by atoms with E-state index < -0.39 is 0 Å². The van der Waals surface area contributed by atoms with Gasteiger partial charge in [-0.05, 0) is 12.5 Å². The molecule has 1 unspecified atom stereocenters. The molecular weight excluding hydrogens is 160 g/mol. The van der Waals surface area contributed by atoms with E-state index in [-0.39, 0.29) is 6.10 Å². The lowest BCUT2D eigenvalue weighted by Gasteiger charge is -2.21. The van der Waals surface area contributed by atoms with Crippen LogP contribution in [0, 0.1) is 0 Å². The molecule has 0 aliphatic carbocycles. The van der Waals surface area contributed by atoms with Crippen molar-refractivity contribution in [1.29, 1.82) is 0 Å². The summed E-state index contributed by atoms with van der Waals surface area (Å²) in [7, 11) is 0. The minimum absolute atomic E-state index is 0.253. The highest BCUT2D eigenvalue weighted by Gasteiger charge is 2.09. The zero-order valence-electron chi connectivity index (χ0n) is 7.30. The fraction of sp³-hybridized carbons (Fsp3) is 1.00. The molecule has 3 nitrogen and oxygen atoms in total. The van der Waals surface area contributed by atoms with Crippen LogP contribution in [0.2, 0.25) is 0 Å². The Balaban J connectivity index is 0.000000292. The molecule has 1 aliphatic rings. The van der Waals surface area contributed by atoms with Crippen molar-refractivity contribution in [2.45, 2.75) is 6.10 Å². The third-order valence-corrected chi connectivity index (χ3v) is 1.27. The summed E-state index contributed by atoms with van der Waals surface area (Å²) in [5.41, 5.74) is 5.34. The van der Waals surface area contributed by atoms with Crippen LogP contribution in [-0.4, -0.2) is 44.9 Å². The molecule has 11 heavy (non-hydrogen) atoms. The number of morpholine rings is 1. The molecule has 0 aromatic heterocycles. The second-order valence-electron chi connectivity index (χ2n) is 2.34. The van der Waals surface area contributed by atoms with Gasteiger partial charge in [0.2, 0.25) is 0 Å². The van der Waals surface area contributed by atoms with Gasteiger partial charge in [0.05, 0.1) is 12.7 Å². The molecule has 1 atom stereocenters. The largest absolute Gasteiger partial charge is 0.374 e. The summed E-state index contributed by atoms with van der Waals surface area (Å²) in [4.78, 5) is 0. The van der Waals surface area contributed by atoms with Gasteiger partial charge in [-0.1, -0.05) is 0 Å². The van der Waals surface area contributed by atoms with Crippen molar-refractivity contribution in [3.05, 3.63) is 0 Å². The molecule has 0 radical (unpaired) electrons. The zero-order valence-corrected chi connectivity index (χ0v) is 8.12. The summed E-state index contributed by atoms with van der Waals surface area (Å²) in [6.07, 6.45) is 4.34. The topological polar surface area (TPSA) is 47.3 Å². The normalized spacial score (nSPS) is 23.7. The number of nitrogens with one attached hydrogen (secondary N) is 1. The molecule has 0 aromatic carbocycles. The second kappa shape index (κ2) is 8.33. The quantitative estimate of drug-likeness (QED) is 0.589. The lowest BCUT2D eigenvalue weighted by molar-refractivity contribution is 0.0346. The van der Waals surface area contributed by atoms with E-state index in [0.29, 0.717) is 6.54 Å².